The second-order valence-electron chi connectivity index (χ2n) is 5.40. The molecule has 0 rings (SSSR count). The van der Waals surface area contributed by atoms with Gasteiger partial charge in [0.25, 0.3) is 0 Å². The Kier molecular flexibility index (Phi) is 6.42. The van der Waals surface area contributed by atoms with Gasteiger partial charge < -0.3 is 14.9 Å². The lowest BCUT2D eigenvalue weighted by Gasteiger charge is -2.22. The zero-order chi connectivity index (χ0) is 13.6. The van der Waals surface area contributed by atoms with Crippen molar-refractivity contribution < 1.29 is 19.7 Å². The predicted molar refractivity (Wildman–Crippen MR) is 66.4 cm³/mol. The smallest absolute Gasteiger partial charge is 0.311 e. The molecule has 0 spiro atoms. The first kappa shape index (κ1) is 16.1. The van der Waals surface area contributed by atoms with Crippen molar-refractivity contribution in [2.45, 2.75) is 40.7 Å². The van der Waals surface area contributed by atoms with Gasteiger partial charge in [0.15, 0.2) is 0 Å². The first-order valence-corrected chi connectivity index (χ1v) is 5.83. The van der Waals surface area contributed by atoms with Gasteiger partial charge in [0.2, 0.25) is 0 Å². The molecule has 0 fully saturated rings. The maximum absolute atomic E-state index is 11.5. The zero-order valence-corrected chi connectivity index (χ0v) is 11.4. The molecular formula is C13H24O4. The normalized spacial score (nSPS) is 16.5. The highest BCUT2D eigenvalue weighted by molar-refractivity contribution is 5.75. The fraction of sp³-hybridized carbons (Fsp3) is 0.769. The van der Waals surface area contributed by atoms with Gasteiger partial charge in [-0.05, 0) is 33.3 Å². The number of hydrogen-bond donors (Lipinski definition) is 2. The van der Waals surface area contributed by atoms with E-state index in [9.17, 15) is 9.90 Å². The number of aliphatic hydroxyl groups excluding tert-OH is 2. The molecule has 0 bridgehead atoms. The Morgan fingerprint density at radius 1 is 1.41 bits per heavy atom. The largest absolute Gasteiger partial charge is 0.465 e. The summed E-state index contributed by atoms with van der Waals surface area (Å²) in [5.74, 6) is -0.468. The maximum atomic E-state index is 11.5. The monoisotopic (exact) mass is 244 g/mol. The molecule has 0 saturated heterocycles. The Morgan fingerprint density at radius 3 is 2.35 bits per heavy atom. The summed E-state index contributed by atoms with van der Waals surface area (Å²) in [6.45, 7) is 8.97. The molecule has 0 amide bonds. The Bertz CT molecular complexity index is 276. The Hall–Kier alpha value is -0.870. The van der Waals surface area contributed by atoms with Crippen molar-refractivity contribution in [1.29, 1.82) is 0 Å². The standard InChI is InChI=1S/C13H24O4/c1-9(6-7-14)11(15)10(2)8-17-12(16)13(3,4)5/h6,10-11,14-15H,7-8H2,1-5H3/b9-6-/t10-,11-/m0/s1. The lowest BCUT2D eigenvalue weighted by molar-refractivity contribution is -0.155. The van der Waals surface area contributed by atoms with Crippen LogP contribution in [-0.4, -0.2) is 35.5 Å². The summed E-state index contributed by atoms with van der Waals surface area (Å²) >= 11 is 0. The number of carbonyl (C=O) groups is 1. The number of carbonyl (C=O) groups excluding carboxylic acids is 1. The molecule has 17 heavy (non-hydrogen) atoms. The lowest BCUT2D eigenvalue weighted by atomic mass is 9.96. The lowest BCUT2D eigenvalue weighted by Crippen LogP contribution is -2.29. The van der Waals surface area contributed by atoms with Crippen molar-refractivity contribution in [3.05, 3.63) is 11.6 Å². The highest BCUT2D eigenvalue weighted by Crippen LogP contribution is 2.18. The minimum Gasteiger partial charge on any atom is -0.465 e. The van der Waals surface area contributed by atoms with Crippen LogP contribution in [0.3, 0.4) is 0 Å². The number of aliphatic hydroxyl groups is 2. The van der Waals surface area contributed by atoms with E-state index in [2.05, 4.69) is 0 Å². The van der Waals surface area contributed by atoms with Crippen LogP contribution in [0.5, 0.6) is 0 Å². The van der Waals surface area contributed by atoms with Crippen molar-refractivity contribution in [2.75, 3.05) is 13.2 Å². The summed E-state index contributed by atoms with van der Waals surface area (Å²) in [6, 6.07) is 0. The van der Waals surface area contributed by atoms with Gasteiger partial charge in [-0.25, -0.2) is 0 Å². The number of hydrogen-bond acceptors (Lipinski definition) is 4. The van der Waals surface area contributed by atoms with Crippen LogP contribution in [-0.2, 0) is 9.53 Å². The van der Waals surface area contributed by atoms with Gasteiger partial charge in [0.1, 0.15) is 0 Å². The molecule has 0 aromatic heterocycles. The molecule has 0 aromatic carbocycles. The fourth-order valence-corrected chi connectivity index (χ4v) is 1.23. The molecule has 0 unspecified atom stereocenters. The van der Waals surface area contributed by atoms with Crippen molar-refractivity contribution in [3.8, 4) is 0 Å². The second kappa shape index (κ2) is 6.77. The van der Waals surface area contributed by atoms with E-state index in [-0.39, 0.29) is 25.1 Å². The molecule has 4 nitrogen and oxygen atoms in total. The summed E-state index contributed by atoms with van der Waals surface area (Å²) in [6.07, 6.45) is 0.849. The van der Waals surface area contributed by atoms with Crippen molar-refractivity contribution >= 4 is 5.97 Å². The average molecular weight is 244 g/mol. The van der Waals surface area contributed by atoms with Crippen LogP contribution in [0.1, 0.15) is 34.6 Å². The van der Waals surface area contributed by atoms with Crippen LogP contribution >= 0.6 is 0 Å². The van der Waals surface area contributed by atoms with Gasteiger partial charge >= 0.3 is 5.97 Å². The first-order chi connectivity index (χ1) is 7.70. The van der Waals surface area contributed by atoms with Gasteiger partial charge in [0, 0.05) is 5.92 Å². The van der Waals surface area contributed by atoms with E-state index in [4.69, 9.17) is 9.84 Å². The molecule has 2 atom stereocenters. The van der Waals surface area contributed by atoms with Gasteiger partial charge in [-0.1, -0.05) is 13.0 Å². The van der Waals surface area contributed by atoms with Gasteiger partial charge in [-0.3, -0.25) is 4.79 Å². The van der Waals surface area contributed by atoms with E-state index in [1.807, 2.05) is 0 Å². The molecule has 2 N–H and O–H groups in total. The highest BCUT2D eigenvalue weighted by atomic mass is 16.5. The topological polar surface area (TPSA) is 66.8 Å². The van der Waals surface area contributed by atoms with Crippen molar-refractivity contribution in [1.82, 2.24) is 0 Å². The summed E-state index contributed by atoms with van der Waals surface area (Å²) in [4.78, 5) is 11.5. The molecule has 4 heteroatoms. The highest BCUT2D eigenvalue weighted by Gasteiger charge is 2.25. The Morgan fingerprint density at radius 2 is 1.94 bits per heavy atom. The minimum atomic E-state index is -0.699. The molecule has 0 radical (unpaired) electrons. The molecule has 0 aromatic rings. The SMILES string of the molecule is C/C(=C/CO)[C@H](O)[C@@H](C)COC(=O)C(C)(C)C. The van der Waals surface area contributed by atoms with E-state index < -0.39 is 11.5 Å². The Labute approximate surface area is 103 Å². The maximum Gasteiger partial charge on any atom is 0.311 e. The quantitative estimate of drug-likeness (QED) is 0.568. The third-order valence-electron chi connectivity index (χ3n) is 2.51. The van der Waals surface area contributed by atoms with Crippen LogP contribution < -0.4 is 0 Å². The van der Waals surface area contributed by atoms with Crippen LogP contribution in [0.25, 0.3) is 0 Å². The van der Waals surface area contributed by atoms with E-state index in [0.29, 0.717) is 5.57 Å². The molecule has 0 heterocycles. The van der Waals surface area contributed by atoms with Crippen molar-refractivity contribution in [2.24, 2.45) is 11.3 Å². The first-order valence-electron chi connectivity index (χ1n) is 5.83. The third-order valence-corrected chi connectivity index (χ3v) is 2.51. The zero-order valence-electron chi connectivity index (χ0n) is 11.4. The average Bonchev–Trinajstić information content (AvgIpc) is 2.23. The molecule has 100 valence electrons. The molecule has 0 aliphatic carbocycles. The summed E-state index contributed by atoms with van der Waals surface area (Å²) in [7, 11) is 0. The van der Waals surface area contributed by atoms with E-state index in [1.165, 1.54) is 0 Å². The summed E-state index contributed by atoms with van der Waals surface area (Å²) < 4.78 is 5.13. The summed E-state index contributed by atoms with van der Waals surface area (Å²) in [5, 5.41) is 18.6. The Balaban J connectivity index is 4.24. The number of esters is 1. The van der Waals surface area contributed by atoms with Gasteiger partial charge in [0.05, 0.1) is 24.7 Å². The molecule has 0 aliphatic rings. The molecule has 0 saturated carbocycles. The van der Waals surface area contributed by atoms with Crippen LogP contribution in [0.4, 0.5) is 0 Å². The molecular weight excluding hydrogens is 220 g/mol. The number of rotatable bonds is 5. The van der Waals surface area contributed by atoms with Crippen molar-refractivity contribution in [3.63, 3.8) is 0 Å². The van der Waals surface area contributed by atoms with Gasteiger partial charge in [-0.15, -0.1) is 0 Å². The third kappa shape index (κ3) is 5.84. The predicted octanol–water partition coefficient (Wildman–Crippen LogP) is 1.51. The fourth-order valence-electron chi connectivity index (χ4n) is 1.23. The van der Waals surface area contributed by atoms with E-state index in [0.717, 1.165) is 0 Å². The summed E-state index contributed by atoms with van der Waals surface area (Å²) in [5.41, 5.74) is 0.160. The van der Waals surface area contributed by atoms with Crippen LogP contribution in [0, 0.1) is 11.3 Å². The van der Waals surface area contributed by atoms with E-state index >= 15 is 0 Å². The number of ether oxygens (including phenoxy) is 1. The molecule has 0 aliphatic heterocycles. The van der Waals surface area contributed by atoms with E-state index in [1.54, 1.807) is 40.7 Å². The second-order valence-corrected chi connectivity index (χ2v) is 5.40. The van der Waals surface area contributed by atoms with Crippen LogP contribution in [0.15, 0.2) is 11.6 Å². The van der Waals surface area contributed by atoms with Gasteiger partial charge in [-0.2, -0.15) is 0 Å². The van der Waals surface area contributed by atoms with Crippen LogP contribution in [0.2, 0.25) is 0 Å². The minimum absolute atomic E-state index is 0.0998.